The van der Waals surface area contributed by atoms with Gasteiger partial charge in [0.05, 0.1) is 24.9 Å². The average molecular weight is 357 g/mol. The maximum Gasteiger partial charge on any atom is 0.167 e. The van der Waals surface area contributed by atoms with E-state index in [0.29, 0.717) is 12.2 Å². The molecule has 0 aliphatic carbocycles. The highest BCUT2D eigenvalue weighted by atomic mass is 19.1. The highest BCUT2D eigenvalue weighted by molar-refractivity contribution is 5.88. The first-order valence-electron chi connectivity index (χ1n) is 8.48. The van der Waals surface area contributed by atoms with Gasteiger partial charge < -0.3 is 9.30 Å². The monoisotopic (exact) mass is 357 g/mol. The Morgan fingerprint density at radius 1 is 1.07 bits per heavy atom. The van der Waals surface area contributed by atoms with E-state index < -0.39 is 5.82 Å². The zero-order chi connectivity index (χ0) is 18.8. The Morgan fingerprint density at radius 2 is 1.89 bits per heavy atom. The molecule has 0 amide bonds. The highest BCUT2D eigenvalue weighted by Crippen LogP contribution is 2.32. The standard InChI is InChI=1S/C22H16FN3O/c1-27-22-11-16-10-20(15-6-3-2-4-7-15)26(21(16)12-19(22)23)14-18-9-5-8-17(13-24)25-18/h2-12H,14H2,1H3. The van der Waals surface area contributed by atoms with Gasteiger partial charge >= 0.3 is 0 Å². The molecule has 0 spiro atoms. The van der Waals surface area contributed by atoms with Crippen molar-refractivity contribution in [2.24, 2.45) is 0 Å². The Labute approximate surface area is 156 Å². The largest absolute Gasteiger partial charge is 0.494 e. The van der Waals surface area contributed by atoms with Crippen molar-refractivity contribution in [1.29, 1.82) is 5.26 Å². The van der Waals surface area contributed by atoms with Gasteiger partial charge in [-0.3, -0.25) is 0 Å². The molecular formula is C22H16FN3O. The van der Waals surface area contributed by atoms with E-state index in [1.165, 1.54) is 13.2 Å². The third kappa shape index (κ3) is 3.13. The molecule has 4 nitrogen and oxygen atoms in total. The highest BCUT2D eigenvalue weighted by Gasteiger charge is 2.15. The minimum atomic E-state index is -0.414. The smallest absolute Gasteiger partial charge is 0.167 e. The van der Waals surface area contributed by atoms with Gasteiger partial charge in [-0.25, -0.2) is 9.37 Å². The Balaban J connectivity index is 1.92. The van der Waals surface area contributed by atoms with E-state index in [1.54, 1.807) is 18.2 Å². The molecule has 132 valence electrons. The third-order valence-electron chi connectivity index (χ3n) is 4.49. The molecule has 4 aromatic rings. The van der Waals surface area contributed by atoms with Crippen LogP contribution in [-0.4, -0.2) is 16.7 Å². The number of rotatable bonds is 4. The molecule has 0 saturated heterocycles. The van der Waals surface area contributed by atoms with Crippen molar-refractivity contribution in [1.82, 2.24) is 9.55 Å². The lowest BCUT2D eigenvalue weighted by Gasteiger charge is -2.11. The van der Waals surface area contributed by atoms with E-state index >= 15 is 0 Å². The number of pyridine rings is 1. The van der Waals surface area contributed by atoms with Gasteiger partial charge in [0.15, 0.2) is 11.6 Å². The van der Waals surface area contributed by atoms with Gasteiger partial charge in [0.25, 0.3) is 0 Å². The summed E-state index contributed by atoms with van der Waals surface area (Å²) in [7, 11) is 1.46. The normalized spacial score (nSPS) is 10.7. The summed E-state index contributed by atoms with van der Waals surface area (Å²) in [6.45, 7) is 0.426. The number of aromatic nitrogens is 2. The van der Waals surface area contributed by atoms with E-state index in [4.69, 9.17) is 10.00 Å². The van der Waals surface area contributed by atoms with Crippen molar-refractivity contribution in [3.63, 3.8) is 0 Å². The fourth-order valence-corrected chi connectivity index (χ4v) is 3.23. The van der Waals surface area contributed by atoms with Crippen LogP contribution in [0, 0.1) is 17.1 Å². The molecule has 0 fully saturated rings. The van der Waals surface area contributed by atoms with Crippen LogP contribution in [0.2, 0.25) is 0 Å². The van der Waals surface area contributed by atoms with Crippen LogP contribution < -0.4 is 4.74 Å². The molecule has 2 aromatic carbocycles. The van der Waals surface area contributed by atoms with Crippen LogP contribution in [0.4, 0.5) is 4.39 Å². The molecule has 0 N–H and O–H groups in total. The number of nitriles is 1. The maximum atomic E-state index is 14.4. The van der Waals surface area contributed by atoms with Crippen molar-refractivity contribution in [3.8, 4) is 23.1 Å². The SMILES string of the molecule is COc1cc2cc(-c3ccccc3)n(Cc3cccc(C#N)n3)c2cc1F. The van der Waals surface area contributed by atoms with E-state index in [0.717, 1.165) is 27.9 Å². The fourth-order valence-electron chi connectivity index (χ4n) is 3.23. The van der Waals surface area contributed by atoms with Crippen LogP contribution in [0.15, 0.2) is 66.7 Å². The molecule has 2 heterocycles. The second-order valence-electron chi connectivity index (χ2n) is 6.15. The van der Waals surface area contributed by atoms with Crippen LogP contribution in [0.1, 0.15) is 11.4 Å². The van der Waals surface area contributed by atoms with Gasteiger partial charge in [0, 0.05) is 17.1 Å². The number of fused-ring (bicyclic) bond motifs is 1. The van der Waals surface area contributed by atoms with E-state index in [2.05, 4.69) is 11.1 Å². The lowest BCUT2D eigenvalue weighted by molar-refractivity contribution is 0.387. The maximum absolute atomic E-state index is 14.4. The number of methoxy groups -OCH3 is 1. The predicted octanol–water partition coefficient (Wildman–Crippen LogP) is 4.77. The molecule has 0 aliphatic rings. The molecule has 0 saturated carbocycles. The number of halogens is 1. The van der Waals surface area contributed by atoms with Gasteiger partial charge in [0.1, 0.15) is 11.8 Å². The number of benzene rings is 2. The van der Waals surface area contributed by atoms with Crippen molar-refractivity contribution < 1.29 is 9.13 Å². The fraction of sp³-hybridized carbons (Fsp3) is 0.0909. The van der Waals surface area contributed by atoms with Crippen LogP contribution in [0.5, 0.6) is 5.75 Å². The minimum Gasteiger partial charge on any atom is -0.494 e. The van der Waals surface area contributed by atoms with E-state index in [-0.39, 0.29) is 5.75 Å². The topological polar surface area (TPSA) is 50.8 Å². The first-order valence-corrected chi connectivity index (χ1v) is 8.48. The predicted molar refractivity (Wildman–Crippen MR) is 102 cm³/mol. The Bertz CT molecular complexity index is 1160. The summed E-state index contributed by atoms with van der Waals surface area (Å²) in [4.78, 5) is 4.36. The summed E-state index contributed by atoms with van der Waals surface area (Å²) in [6, 6.07) is 22.5. The molecule has 0 aliphatic heterocycles. The minimum absolute atomic E-state index is 0.212. The van der Waals surface area contributed by atoms with Crippen LogP contribution >= 0.6 is 0 Å². The van der Waals surface area contributed by atoms with Crippen LogP contribution in [0.25, 0.3) is 22.2 Å². The van der Waals surface area contributed by atoms with Crippen molar-refractivity contribution in [2.75, 3.05) is 7.11 Å². The zero-order valence-corrected chi connectivity index (χ0v) is 14.7. The van der Waals surface area contributed by atoms with E-state index in [9.17, 15) is 4.39 Å². The number of nitrogens with zero attached hydrogens (tertiary/aromatic N) is 3. The van der Waals surface area contributed by atoms with Crippen LogP contribution in [0.3, 0.4) is 0 Å². The Hall–Kier alpha value is -3.65. The summed E-state index contributed by atoms with van der Waals surface area (Å²) in [5, 5.41) is 9.98. The molecule has 0 unspecified atom stereocenters. The second-order valence-corrected chi connectivity index (χ2v) is 6.15. The summed E-state index contributed by atoms with van der Waals surface area (Å²) in [5.74, 6) is -0.202. The van der Waals surface area contributed by atoms with Gasteiger partial charge in [0.2, 0.25) is 0 Å². The molecule has 2 aromatic heterocycles. The van der Waals surface area contributed by atoms with Crippen molar-refractivity contribution in [2.45, 2.75) is 6.54 Å². The van der Waals surface area contributed by atoms with Gasteiger partial charge in [-0.1, -0.05) is 36.4 Å². The van der Waals surface area contributed by atoms with Gasteiger partial charge in [-0.15, -0.1) is 0 Å². The van der Waals surface area contributed by atoms with Crippen LogP contribution in [-0.2, 0) is 6.54 Å². The molecular weight excluding hydrogens is 341 g/mol. The quantitative estimate of drug-likeness (QED) is 0.529. The van der Waals surface area contributed by atoms with Crippen molar-refractivity contribution >= 4 is 10.9 Å². The first kappa shape index (κ1) is 16.8. The lowest BCUT2D eigenvalue weighted by Crippen LogP contribution is -2.04. The molecule has 0 atom stereocenters. The number of ether oxygens (including phenoxy) is 1. The summed E-state index contributed by atoms with van der Waals surface area (Å²) < 4.78 is 21.5. The second kappa shape index (κ2) is 6.93. The Morgan fingerprint density at radius 3 is 2.63 bits per heavy atom. The molecule has 0 bridgehead atoms. The number of hydrogen-bond acceptors (Lipinski definition) is 3. The van der Waals surface area contributed by atoms with Gasteiger partial charge in [-0.2, -0.15) is 5.26 Å². The Kier molecular flexibility index (Phi) is 4.31. The summed E-state index contributed by atoms with van der Waals surface area (Å²) in [6.07, 6.45) is 0. The number of hydrogen-bond donors (Lipinski definition) is 0. The van der Waals surface area contributed by atoms with Gasteiger partial charge in [-0.05, 0) is 29.8 Å². The summed E-state index contributed by atoms with van der Waals surface area (Å²) in [5.41, 5.74) is 3.81. The molecule has 27 heavy (non-hydrogen) atoms. The average Bonchev–Trinajstić information content (AvgIpc) is 3.05. The lowest BCUT2D eigenvalue weighted by atomic mass is 10.1. The first-order chi connectivity index (χ1) is 13.2. The van der Waals surface area contributed by atoms with Crippen molar-refractivity contribution in [3.05, 3.63) is 83.9 Å². The molecule has 5 heteroatoms. The zero-order valence-electron chi connectivity index (χ0n) is 14.7. The molecule has 4 rings (SSSR count). The van der Waals surface area contributed by atoms with E-state index in [1.807, 2.05) is 47.0 Å². The summed E-state index contributed by atoms with van der Waals surface area (Å²) >= 11 is 0. The third-order valence-corrected chi connectivity index (χ3v) is 4.49. The molecule has 0 radical (unpaired) electrons.